The van der Waals surface area contributed by atoms with Gasteiger partial charge in [-0.15, -0.1) is 0 Å². The van der Waals surface area contributed by atoms with Crippen molar-refractivity contribution in [3.05, 3.63) is 28.5 Å². The highest BCUT2D eigenvalue weighted by Gasteiger charge is 2.37. The Morgan fingerprint density at radius 1 is 1.37 bits per heavy atom. The van der Waals surface area contributed by atoms with E-state index in [-0.39, 0.29) is 11.6 Å². The summed E-state index contributed by atoms with van der Waals surface area (Å²) in [5, 5.41) is 10.9. The molecule has 1 heterocycles. The Labute approximate surface area is 122 Å². The van der Waals surface area contributed by atoms with E-state index < -0.39 is 14.4 Å². The van der Waals surface area contributed by atoms with Gasteiger partial charge in [-0.2, -0.15) is 0 Å². The van der Waals surface area contributed by atoms with Gasteiger partial charge in [-0.05, 0) is 37.2 Å². The molecule has 108 valence electrons. The van der Waals surface area contributed by atoms with Gasteiger partial charge in [-0.25, -0.2) is 0 Å². The molecular formula is C14H24ClNO2Si. The first kappa shape index (κ1) is 16.6. The maximum Gasteiger partial charge on any atom is 0.192 e. The zero-order valence-corrected chi connectivity index (χ0v) is 14.4. The molecule has 0 spiro atoms. The van der Waals surface area contributed by atoms with E-state index in [2.05, 4.69) is 38.8 Å². The molecule has 0 amide bonds. The molecule has 0 aliphatic rings. The van der Waals surface area contributed by atoms with Crippen molar-refractivity contribution in [1.29, 1.82) is 0 Å². The van der Waals surface area contributed by atoms with Crippen LogP contribution in [-0.2, 0) is 4.43 Å². The molecule has 19 heavy (non-hydrogen) atoms. The number of aryl methyl sites for hydroxylation is 1. The summed E-state index contributed by atoms with van der Waals surface area (Å²) in [4.78, 5) is 4.30. The lowest BCUT2D eigenvalue weighted by Gasteiger charge is -2.36. The number of nitrogens with zero attached hydrogens (tertiary/aromatic N) is 1. The smallest absolute Gasteiger partial charge is 0.192 e. The van der Waals surface area contributed by atoms with Crippen LogP contribution < -0.4 is 0 Å². The molecule has 0 aromatic carbocycles. The molecule has 0 aliphatic carbocycles. The van der Waals surface area contributed by atoms with Gasteiger partial charge in [0.05, 0.1) is 12.3 Å². The Bertz CT molecular complexity index is 423. The molecule has 0 bridgehead atoms. The highest BCUT2D eigenvalue weighted by atomic mass is 35.5. The maximum absolute atomic E-state index is 10.2. The van der Waals surface area contributed by atoms with E-state index in [9.17, 15) is 5.11 Å². The molecule has 1 rings (SSSR count). The molecule has 0 radical (unpaired) electrons. The number of hydrogen-bond acceptors (Lipinski definition) is 3. The van der Waals surface area contributed by atoms with E-state index >= 15 is 0 Å². The van der Waals surface area contributed by atoms with Crippen molar-refractivity contribution in [2.75, 3.05) is 6.61 Å². The lowest BCUT2D eigenvalue weighted by Crippen LogP contribution is -2.41. The standard InChI is InChI=1S/C14H24ClNO2Si/c1-10-7-11(15)8-12(16-10)13(17)9-18-19(5,6)14(2,3)4/h7-8,13,17H,9H2,1-6H3. The van der Waals surface area contributed by atoms with Crippen molar-refractivity contribution in [3.63, 3.8) is 0 Å². The van der Waals surface area contributed by atoms with Crippen LogP contribution in [0.25, 0.3) is 0 Å². The second kappa shape index (κ2) is 5.91. The Morgan fingerprint density at radius 3 is 2.42 bits per heavy atom. The van der Waals surface area contributed by atoms with Crippen LogP contribution in [0.5, 0.6) is 0 Å². The van der Waals surface area contributed by atoms with Gasteiger partial charge < -0.3 is 9.53 Å². The minimum Gasteiger partial charge on any atom is -0.414 e. The summed E-state index contributed by atoms with van der Waals surface area (Å²) in [6.45, 7) is 13.0. The molecule has 1 atom stereocenters. The molecular weight excluding hydrogens is 278 g/mol. The molecule has 0 saturated heterocycles. The van der Waals surface area contributed by atoms with Crippen LogP contribution >= 0.6 is 11.6 Å². The Morgan fingerprint density at radius 2 is 1.95 bits per heavy atom. The van der Waals surface area contributed by atoms with E-state index in [1.54, 1.807) is 12.1 Å². The summed E-state index contributed by atoms with van der Waals surface area (Å²) in [6.07, 6.45) is -0.730. The highest BCUT2D eigenvalue weighted by Crippen LogP contribution is 2.37. The minimum absolute atomic E-state index is 0.129. The monoisotopic (exact) mass is 301 g/mol. The number of hydrogen-bond donors (Lipinski definition) is 1. The second-order valence-electron chi connectivity index (χ2n) is 6.44. The van der Waals surface area contributed by atoms with Crippen LogP contribution in [0.2, 0.25) is 23.2 Å². The van der Waals surface area contributed by atoms with Crippen LogP contribution in [0.4, 0.5) is 0 Å². The summed E-state index contributed by atoms with van der Waals surface area (Å²) in [5.41, 5.74) is 1.37. The third-order valence-electron chi connectivity index (χ3n) is 3.69. The average molecular weight is 302 g/mol. The quantitative estimate of drug-likeness (QED) is 0.851. The number of halogens is 1. The van der Waals surface area contributed by atoms with Crippen molar-refractivity contribution >= 4 is 19.9 Å². The fraction of sp³-hybridized carbons (Fsp3) is 0.643. The number of aliphatic hydroxyl groups excluding tert-OH is 1. The number of pyridine rings is 1. The summed E-state index contributed by atoms with van der Waals surface area (Å²) in [6, 6.07) is 3.46. The third-order valence-corrected chi connectivity index (χ3v) is 8.41. The van der Waals surface area contributed by atoms with Crippen LogP contribution in [-0.4, -0.2) is 25.0 Å². The van der Waals surface area contributed by atoms with Crippen molar-refractivity contribution in [2.45, 2.75) is 51.9 Å². The van der Waals surface area contributed by atoms with Gasteiger partial charge in [-0.3, -0.25) is 4.98 Å². The molecule has 5 heteroatoms. The first-order chi connectivity index (χ1) is 8.53. The van der Waals surface area contributed by atoms with Gasteiger partial charge in [0.1, 0.15) is 6.10 Å². The fourth-order valence-corrected chi connectivity index (χ4v) is 2.69. The normalized spacial score (nSPS) is 14.5. The number of aromatic nitrogens is 1. The van der Waals surface area contributed by atoms with E-state index in [1.807, 2.05) is 6.92 Å². The fourth-order valence-electron chi connectivity index (χ4n) is 1.41. The Kier molecular flexibility index (Phi) is 5.18. The largest absolute Gasteiger partial charge is 0.414 e. The first-order valence-electron chi connectivity index (χ1n) is 6.49. The molecule has 0 fully saturated rings. The second-order valence-corrected chi connectivity index (χ2v) is 11.7. The predicted octanol–water partition coefficient (Wildman–Crippen LogP) is 4.10. The van der Waals surface area contributed by atoms with Crippen molar-refractivity contribution in [2.24, 2.45) is 0 Å². The van der Waals surface area contributed by atoms with Gasteiger partial charge in [0, 0.05) is 10.7 Å². The van der Waals surface area contributed by atoms with E-state index in [1.165, 1.54) is 0 Å². The topological polar surface area (TPSA) is 42.4 Å². The minimum atomic E-state index is -1.85. The van der Waals surface area contributed by atoms with Gasteiger partial charge in [0.2, 0.25) is 0 Å². The Hall–Kier alpha value is -0.423. The van der Waals surface area contributed by atoms with Gasteiger partial charge in [0.15, 0.2) is 8.32 Å². The van der Waals surface area contributed by atoms with Gasteiger partial charge >= 0.3 is 0 Å². The summed E-state index contributed by atoms with van der Waals surface area (Å²) < 4.78 is 6.00. The van der Waals surface area contributed by atoms with E-state index in [4.69, 9.17) is 16.0 Å². The van der Waals surface area contributed by atoms with Gasteiger partial charge in [0.25, 0.3) is 0 Å². The molecule has 3 nitrogen and oxygen atoms in total. The van der Waals surface area contributed by atoms with Crippen LogP contribution in [0.15, 0.2) is 12.1 Å². The molecule has 1 aromatic rings. The number of aliphatic hydroxyl groups is 1. The third kappa shape index (κ3) is 4.56. The average Bonchev–Trinajstić information content (AvgIpc) is 2.23. The molecule has 1 aromatic heterocycles. The highest BCUT2D eigenvalue weighted by molar-refractivity contribution is 6.74. The maximum atomic E-state index is 10.2. The van der Waals surface area contributed by atoms with Crippen LogP contribution in [0, 0.1) is 6.92 Å². The van der Waals surface area contributed by atoms with Crippen molar-refractivity contribution < 1.29 is 9.53 Å². The molecule has 0 aliphatic heterocycles. The zero-order valence-electron chi connectivity index (χ0n) is 12.6. The summed E-state index contributed by atoms with van der Waals surface area (Å²) in [7, 11) is -1.85. The summed E-state index contributed by atoms with van der Waals surface area (Å²) >= 11 is 5.97. The lowest BCUT2D eigenvalue weighted by molar-refractivity contribution is 0.0969. The Balaban J connectivity index is 2.73. The zero-order chi connectivity index (χ0) is 14.8. The summed E-state index contributed by atoms with van der Waals surface area (Å²) in [5.74, 6) is 0. The van der Waals surface area contributed by atoms with Crippen molar-refractivity contribution in [3.8, 4) is 0 Å². The molecule has 0 saturated carbocycles. The molecule has 1 N–H and O–H groups in total. The van der Waals surface area contributed by atoms with Crippen molar-refractivity contribution in [1.82, 2.24) is 4.98 Å². The molecule has 1 unspecified atom stereocenters. The first-order valence-corrected chi connectivity index (χ1v) is 9.78. The van der Waals surface area contributed by atoms with Crippen LogP contribution in [0.1, 0.15) is 38.3 Å². The predicted molar refractivity (Wildman–Crippen MR) is 82.1 cm³/mol. The lowest BCUT2D eigenvalue weighted by atomic mass is 10.2. The van der Waals surface area contributed by atoms with Gasteiger partial charge in [-0.1, -0.05) is 32.4 Å². The SMILES string of the molecule is Cc1cc(Cl)cc(C(O)CO[Si](C)(C)C(C)(C)C)n1. The number of rotatable bonds is 4. The van der Waals surface area contributed by atoms with E-state index in [0.717, 1.165) is 5.69 Å². The van der Waals surface area contributed by atoms with Crippen LogP contribution in [0.3, 0.4) is 0 Å². The van der Waals surface area contributed by atoms with E-state index in [0.29, 0.717) is 10.7 Å².